The molecule has 9 heteroatoms. The number of allylic oxidation sites excluding steroid dienone is 1. The number of rotatable bonds is 8. The first-order chi connectivity index (χ1) is 19.7. The summed E-state index contributed by atoms with van der Waals surface area (Å²) in [6.45, 7) is 5.73. The lowest BCUT2D eigenvalue weighted by Gasteiger charge is -2.25. The number of nitrogens with zero attached hydrogens (tertiary/aromatic N) is 2. The third-order valence-electron chi connectivity index (χ3n) is 6.49. The molecule has 7 nitrogen and oxygen atoms in total. The fraction of sp³-hybridized carbons (Fsp3) is 0.219. The zero-order chi connectivity index (χ0) is 29.1. The molecule has 1 unspecified atom stereocenters. The van der Waals surface area contributed by atoms with Crippen LogP contribution in [0.3, 0.4) is 0 Å². The Kier molecular flexibility index (Phi) is 8.42. The van der Waals surface area contributed by atoms with Crippen LogP contribution in [-0.4, -0.2) is 23.8 Å². The smallest absolute Gasteiger partial charge is 0.338 e. The molecule has 5 rings (SSSR count). The van der Waals surface area contributed by atoms with Gasteiger partial charge >= 0.3 is 5.97 Å². The Hall–Kier alpha value is -4.14. The minimum absolute atomic E-state index is 0.264. The van der Waals surface area contributed by atoms with Crippen LogP contribution in [0.4, 0.5) is 0 Å². The number of hydrogen-bond acceptors (Lipinski definition) is 7. The SMILES string of the molecule is COc1cc(/C=c2\sc3n(c2=O)C(c2ccc(Cl)cc2)C(C(=O)OC(C)C)=C(C)N=3)ccc1OCc1ccccc1. The van der Waals surface area contributed by atoms with E-state index in [4.69, 9.17) is 25.8 Å². The minimum atomic E-state index is -0.708. The molecule has 0 aliphatic carbocycles. The van der Waals surface area contributed by atoms with Crippen molar-refractivity contribution in [2.24, 2.45) is 4.99 Å². The van der Waals surface area contributed by atoms with Gasteiger partial charge in [-0.3, -0.25) is 9.36 Å². The Balaban J connectivity index is 1.55. The average molecular weight is 589 g/mol. The number of benzene rings is 3. The summed E-state index contributed by atoms with van der Waals surface area (Å²) in [5, 5.41) is 0.554. The van der Waals surface area contributed by atoms with Crippen molar-refractivity contribution >= 4 is 35.0 Å². The van der Waals surface area contributed by atoms with E-state index in [0.717, 1.165) is 16.7 Å². The Morgan fingerprint density at radius 1 is 1.07 bits per heavy atom. The molecular weight excluding hydrogens is 560 g/mol. The second-order valence-electron chi connectivity index (χ2n) is 9.77. The maximum Gasteiger partial charge on any atom is 0.338 e. The van der Waals surface area contributed by atoms with E-state index < -0.39 is 12.0 Å². The number of thiazole rings is 1. The number of ether oxygens (including phenoxy) is 3. The molecule has 0 bridgehead atoms. The van der Waals surface area contributed by atoms with Crippen LogP contribution in [0.1, 0.15) is 43.5 Å². The van der Waals surface area contributed by atoms with Crippen molar-refractivity contribution in [3.63, 3.8) is 0 Å². The van der Waals surface area contributed by atoms with Gasteiger partial charge in [-0.2, -0.15) is 0 Å². The number of carbonyl (C=O) groups excluding carboxylic acids is 1. The molecule has 1 aromatic heterocycles. The van der Waals surface area contributed by atoms with Crippen molar-refractivity contribution < 1.29 is 19.0 Å². The van der Waals surface area contributed by atoms with Gasteiger partial charge in [-0.25, -0.2) is 9.79 Å². The lowest BCUT2D eigenvalue weighted by molar-refractivity contribution is -0.143. The van der Waals surface area contributed by atoms with E-state index in [9.17, 15) is 9.59 Å². The molecule has 210 valence electrons. The highest BCUT2D eigenvalue weighted by Gasteiger charge is 2.33. The maximum absolute atomic E-state index is 13.9. The van der Waals surface area contributed by atoms with Gasteiger partial charge in [0.25, 0.3) is 5.56 Å². The van der Waals surface area contributed by atoms with Crippen molar-refractivity contribution in [2.75, 3.05) is 7.11 Å². The highest BCUT2D eigenvalue weighted by Crippen LogP contribution is 2.32. The highest BCUT2D eigenvalue weighted by molar-refractivity contribution is 7.07. The quantitative estimate of drug-likeness (QED) is 0.257. The fourth-order valence-electron chi connectivity index (χ4n) is 4.60. The van der Waals surface area contributed by atoms with E-state index in [1.165, 1.54) is 11.3 Å². The zero-order valence-electron chi connectivity index (χ0n) is 23.1. The number of halogens is 1. The van der Waals surface area contributed by atoms with Gasteiger partial charge in [0, 0.05) is 5.02 Å². The third kappa shape index (κ3) is 6.14. The highest BCUT2D eigenvalue weighted by atomic mass is 35.5. The number of methoxy groups -OCH3 is 1. The second kappa shape index (κ2) is 12.2. The van der Waals surface area contributed by atoms with Gasteiger partial charge in [0.15, 0.2) is 16.3 Å². The van der Waals surface area contributed by atoms with Crippen molar-refractivity contribution in [1.29, 1.82) is 0 Å². The van der Waals surface area contributed by atoms with Gasteiger partial charge in [0.1, 0.15) is 6.61 Å². The first-order valence-electron chi connectivity index (χ1n) is 13.1. The molecule has 0 fully saturated rings. The van der Waals surface area contributed by atoms with Crippen molar-refractivity contribution in [3.05, 3.63) is 125 Å². The molecule has 0 saturated carbocycles. The molecule has 1 aliphatic rings. The van der Waals surface area contributed by atoms with E-state index in [1.54, 1.807) is 50.7 Å². The molecule has 3 aromatic carbocycles. The monoisotopic (exact) mass is 588 g/mol. The average Bonchev–Trinajstić information content (AvgIpc) is 3.26. The maximum atomic E-state index is 13.9. The molecule has 0 radical (unpaired) electrons. The van der Waals surface area contributed by atoms with E-state index in [1.807, 2.05) is 60.7 Å². The van der Waals surface area contributed by atoms with E-state index in [2.05, 4.69) is 4.99 Å². The largest absolute Gasteiger partial charge is 0.493 e. The Morgan fingerprint density at radius 2 is 1.80 bits per heavy atom. The summed E-state index contributed by atoms with van der Waals surface area (Å²) in [4.78, 5) is 32.2. The zero-order valence-corrected chi connectivity index (χ0v) is 24.7. The summed E-state index contributed by atoms with van der Waals surface area (Å²) < 4.78 is 19.1. The Morgan fingerprint density at radius 3 is 2.49 bits per heavy atom. The summed E-state index contributed by atoms with van der Waals surface area (Å²) >= 11 is 7.41. The lowest BCUT2D eigenvalue weighted by Crippen LogP contribution is -2.40. The molecule has 0 saturated heterocycles. The predicted octanol–water partition coefficient (Wildman–Crippen LogP) is 5.43. The van der Waals surface area contributed by atoms with E-state index >= 15 is 0 Å². The van der Waals surface area contributed by atoms with E-state index in [-0.39, 0.29) is 11.7 Å². The summed E-state index contributed by atoms with van der Waals surface area (Å²) in [7, 11) is 1.58. The van der Waals surface area contributed by atoms with Gasteiger partial charge < -0.3 is 14.2 Å². The number of fused-ring (bicyclic) bond motifs is 1. The van der Waals surface area contributed by atoms with Crippen LogP contribution in [0.2, 0.25) is 5.02 Å². The normalized spacial score (nSPS) is 15.0. The molecule has 0 N–H and O–H groups in total. The van der Waals surface area contributed by atoms with Gasteiger partial charge in [0.2, 0.25) is 0 Å². The van der Waals surface area contributed by atoms with Crippen LogP contribution in [0.25, 0.3) is 6.08 Å². The molecule has 0 spiro atoms. The number of carbonyl (C=O) groups is 1. The van der Waals surface area contributed by atoms with Crippen molar-refractivity contribution in [1.82, 2.24) is 4.57 Å². The first-order valence-corrected chi connectivity index (χ1v) is 14.3. The predicted molar refractivity (Wildman–Crippen MR) is 160 cm³/mol. The number of hydrogen-bond donors (Lipinski definition) is 0. The second-order valence-corrected chi connectivity index (χ2v) is 11.2. The topological polar surface area (TPSA) is 79.1 Å². The third-order valence-corrected chi connectivity index (χ3v) is 7.73. The first kappa shape index (κ1) is 28.4. The van der Waals surface area contributed by atoms with Crippen molar-refractivity contribution in [2.45, 2.75) is 39.5 Å². The van der Waals surface area contributed by atoms with Crippen LogP contribution in [-0.2, 0) is 16.1 Å². The molecule has 1 atom stereocenters. The summed E-state index contributed by atoms with van der Waals surface area (Å²) in [6.07, 6.45) is 1.46. The summed E-state index contributed by atoms with van der Waals surface area (Å²) in [5.41, 5.74) is 3.10. The van der Waals surface area contributed by atoms with E-state index in [0.29, 0.717) is 43.7 Å². The van der Waals surface area contributed by atoms with Crippen LogP contribution in [0, 0.1) is 0 Å². The molecular formula is C32H29ClN2O5S. The summed E-state index contributed by atoms with van der Waals surface area (Å²) in [6, 6.07) is 21.8. The van der Waals surface area contributed by atoms with Crippen LogP contribution >= 0.6 is 22.9 Å². The van der Waals surface area contributed by atoms with Gasteiger partial charge in [-0.1, -0.05) is 71.5 Å². The van der Waals surface area contributed by atoms with Gasteiger partial charge in [-0.05, 0) is 67.8 Å². The number of aromatic nitrogens is 1. The molecule has 0 amide bonds. The molecule has 41 heavy (non-hydrogen) atoms. The lowest BCUT2D eigenvalue weighted by atomic mass is 9.96. The van der Waals surface area contributed by atoms with Gasteiger partial charge in [-0.15, -0.1) is 0 Å². The molecule has 1 aliphatic heterocycles. The Bertz CT molecular complexity index is 1790. The van der Waals surface area contributed by atoms with Crippen LogP contribution in [0.15, 0.2) is 93.9 Å². The summed E-state index contributed by atoms with van der Waals surface area (Å²) in [5.74, 6) is 0.643. The molecule has 2 heterocycles. The van der Waals surface area contributed by atoms with Crippen LogP contribution in [0.5, 0.6) is 11.5 Å². The fourth-order valence-corrected chi connectivity index (χ4v) is 5.77. The van der Waals surface area contributed by atoms with Crippen LogP contribution < -0.4 is 24.4 Å². The standard InChI is InChI=1S/C32H29ClN2O5S/c1-19(2)40-31(37)28-20(3)34-32-35(29(28)23-11-13-24(33)14-12-23)30(36)27(41-32)17-22-10-15-25(26(16-22)38-4)39-18-21-8-6-5-7-9-21/h5-17,19,29H,18H2,1-4H3/b27-17-. The molecule has 4 aromatic rings. The minimum Gasteiger partial charge on any atom is -0.493 e. The Labute approximate surface area is 246 Å². The van der Waals surface area contributed by atoms with Crippen molar-refractivity contribution in [3.8, 4) is 11.5 Å². The number of esters is 1. The van der Waals surface area contributed by atoms with Gasteiger partial charge in [0.05, 0.1) is 35.1 Å².